The third-order valence-corrected chi connectivity index (χ3v) is 5.69. The molecule has 20 heavy (non-hydrogen) atoms. The van der Waals surface area contributed by atoms with E-state index in [-0.39, 0.29) is 22.0 Å². The molecule has 1 aromatic carbocycles. The largest absolute Gasteiger partial charge is 0.392 e. The summed E-state index contributed by atoms with van der Waals surface area (Å²) in [7, 11) is -7.75. The molecule has 1 unspecified atom stereocenters. The van der Waals surface area contributed by atoms with Gasteiger partial charge in [0.1, 0.15) is 5.25 Å². The van der Waals surface area contributed by atoms with Crippen LogP contribution in [-0.2, 0) is 20.0 Å². The number of nitrogens with two attached hydrogens (primary N) is 2. The molecule has 0 saturated carbocycles. The molecule has 0 bridgehead atoms. The van der Waals surface area contributed by atoms with E-state index < -0.39 is 25.3 Å². The molecule has 5 N–H and O–H groups in total. The molecule has 0 aliphatic carbocycles. The monoisotopic (exact) mass is 337 g/mol. The normalized spacial score (nSPS) is 13.7. The third kappa shape index (κ3) is 4.13. The molecule has 1 aromatic rings. The zero-order chi connectivity index (χ0) is 15.6. The fourth-order valence-electron chi connectivity index (χ4n) is 1.55. The number of primary sulfonamides is 1. The minimum absolute atomic E-state index is 0.0752. The summed E-state index contributed by atoms with van der Waals surface area (Å²) in [5.74, 6) is 0. The van der Waals surface area contributed by atoms with E-state index in [2.05, 4.69) is 4.72 Å². The van der Waals surface area contributed by atoms with Gasteiger partial charge in [0.25, 0.3) is 0 Å². The zero-order valence-corrected chi connectivity index (χ0v) is 13.1. The second-order valence-corrected chi connectivity index (χ2v) is 7.92. The molecule has 1 atom stereocenters. The standard InChI is InChI=1S/C10H15N3O4S3/c1-2-9(10(11)18)20(16,17)13-7-4-3-5-8(6-7)19(12,14)15/h3-6,9,13H,2H2,1H3,(H2,11,18)(H2,12,14,15). The minimum Gasteiger partial charge on any atom is -0.392 e. The number of benzene rings is 1. The number of hydrogen-bond donors (Lipinski definition) is 3. The summed E-state index contributed by atoms with van der Waals surface area (Å²) < 4.78 is 48.8. The van der Waals surface area contributed by atoms with Gasteiger partial charge in [0, 0.05) is 5.69 Å². The van der Waals surface area contributed by atoms with Crippen LogP contribution in [0.5, 0.6) is 0 Å². The van der Waals surface area contributed by atoms with Crippen LogP contribution in [-0.4, -0.2) is 27.1 Å². The van der Waals surface area contributed by atoms with E-state index in [1.807, 2.05) is 0 Å². The van der Waals surface area contributed by atoms with Gasteiger partial charge in [-0.05, 0) is 24.6 Å². The summed E-state index contributed by atoms with van der Waals surface area (Å²) in [6.07, 6.45) is 0.208. The molecule has 7 nitrogen and oxygen atoms in total. The van der Waals surface area contributed by atoms with Gasteiger partial charge in [0.15, 0.2) is 0 Å². The Balaban J connectivity index is 3.14. The van der Waals surface area contributed by atoms with Crippen LogP contribution in [0.4, 0.5) is 5.69 Å². The van der Waals surface area contributed by atoms with Crippen LogP contribution < -0.4 is 15.6 Å². The van der Waals surface area contributed by atoms with Crippen molar-refractivity contribution in [2.45, 2.75) is 23.5 Å². The quantitative estimate of drug-likeness (QED) is 0.633. The Labute approximate surface area is 123 Å². The molecule has 0 amide bonds. The van der Waals surface area contributed by atoms with Crippen molar-refractivity contribution >= 4 is 42.9 Å². The molecular formula is C10H15N3O4S3. The first-order valence-corrected chi connectivity index (χ1v) is 9.02. The maximum atomic E-state index is 12.1. The van der Waals surface area contributed by atoms with Crippen molar-refractivity contribution in [2.75, 3.05) is 4.72 Å². The highest BCUT2D eigenvalue weighted by atomic mass is 32.2. The van der Waals surface area contributed by atoms with E-state index in [1.165, 1.54) is 18.2 Å². The molecular weight excluding hydrogens is 322 g/mol. The number of hydrogen-bond acceptors (Lipinski definition) is 5. The molecule has 0 aliphatic rings. The lowest BCUT2D eigenvalue weighted by atomic mass is 10.3. The van der Waals surface area contributed by atoms with Crippen LogP contribution in [0.2, 0.25) is 0 Å². The van der Waals surface area contributed by atoms with Crippen molar-refractivity contribution in [2.24, 2.45) is 10.9 Å². The fourth-order valence-corrected chi connectivity index (χ4v) is 3.99. The van der Waals surface area contributed by atoms with Crippen LogP contribution in [0.1, 0.15) is 13.3 Å². The van der Waals surface area contributed by atoms with Crippen molar-refractivity contribution in [3.8, 4) is 0 Å². The molecule has 10 heteroatoms. The molecule has 0 heterocycles. The van der Waals surface area contributed by atoms with Crippen LogP contribution in [0.3, 0.4) is 0 Å². The van der Waals surface area contributed by atoms with E-state index in [4.69, 9.17) is 23.1 Å². The molecule has 0 fully saturated rings. The van der Waals surface area contributed by atoms with Crippen LogP contribution in [0.15, 0.2) is 29.2 Å². The van der Waals surface area contributed by atoms with Gasteiger partial charge in [-0.25, -0.2) is 22.0 Å². The van der Waals surface area contributed by atoms with Gasteiger partial charge >= 0.3 is 0 Å². The summed E-state index contributed by atoms with van der Waals surface area (Å²) in [4.78, 5) is -0.344. The molecule has 0 saturated heterocycles. The summed E-state index contributed by atoms with van der Waals surface area (Å²) >= 11 is 4.71. The summed E-state index contributed by atoms with van der Waals surface area (Å²) in [6.45, 7) is 1.63. The van der Waals surface area contributed by atoms with Crippen molar-refractivity contribution in [3.63, 3.8) is 0 Å². The number of sulfonamides is 2. The van der Waals surface area contributed by atoms with E-state index in [0.717, 1.165) is 6.07 Å². The molecule has 0 spiro atoms. The van der Waals surface area contributed by atoms with Gasteiger partial charge in [-0.15, -0.1) is 0 Å². The van der Waals surface area contributed by atoms with Gasteiger partial charge in [0.2, 0.25) is 20.0 Å². The Bertz CT molecular complexity index is 713. The average molecular weight is 337 g/mol. The van der Waals surface area contributed by atoms with E-state index in [1.54, 1.807) is 6.92 Å². The van der Waals surface area contributed by atoms with Crippen molar-refractivity contribution < 1.29 is 16.8 Å². The fraction of sp³-hybridized carbons (Fsp3) is 0.300. The SMILES string of the molecule is CCC(C(N)=S)S(=O)(=O)Nc1cccc(S(N)(=O)=O)c1. The Morgan fingerprint density at radius 3 is 2.40 bits per heavy atom. The lowest BCUT2D eigenvalue weighted by Crippen LogP contribution is -2.37. The summed E-state index contributed by atoms with van der Waals surface area (Å²) in [5.41, 5.74) is 5.46. The molecule has 0 radical (unpaired) electrons. The van der Waals surface area contributed by atoms with Crippen molar-refractivity contribution in [1.29, 1.82) is 0 Å². The second-order valence-electron chi connectivity index (χ2n) is 4.02. The average Bonchev–Trinajstić information content (AvgIpc) is 2.27. The lowest BCUT2D eigenvalue weighted by Gasteiger charge is -2.16. The van der Waals surface area contributed by atoms with Gasteiger partial charge in [-0.2, -0.15) is 0 Å². The number of rotatable bonds is 6. The maximum absolute atomic E-state index is 12.1. The molecule has 1 rings (SSSR count). The number of anilines is 1. The van der Waals surface area contributed by atoms with Crippen LogP contribution in [0, 0.1) is 0 Å². The Kier molecular flexibility index (Phi) is 5.08. The summed E-state index contributed by atoms with van der Waals surface area (Å²) in [6, 6.07) is 5.16. The van der Waals surface area contributed by atoms with E-state index >= 15 is 0 Å². The molecule has 112 valence electrons. The Hall–Kier alpha value is -1.23. The van der Waals surface area contributed by atoms with Crippen LogP contribution >= 0.6 is 12.2 Å². The molecule has 0 aliphatic heterocycles. The van der Waals surface area contributed by atoms with Crippen molar-refractivity contribution in [3.05, 3.63) is 24.3 Å². The minimum atomic E-state index is -3.91. The predicted octanol–water partition coefficient (Wildman–Crippen LogP) is 0.140. The zero-order valence-electron chi connectivity index (χ0n) is 10.6. The first kappa shape index (κ1) is 16.8. The van der Waals surface area contributed by atoms with Gasteiger partial charge in [-0.1, -0.05) is 25.2 Å². The van der Waals surface area contributed by atoms with E-state index in [9.17, 15) is 16.8 Å². The maximum Gasteiger partial charge on any atom is 0.242 e. The highest BCUT2D eigenvalue weighted by molar-refractivity contribution is 7.95. The molecule has 0 aromatic heterocycles. The highest BCUT2D eigenvalue weighted by Gasteiger charge is 2.26. The first-order chi connectivity index (χ1) is 9.08. The van der Waals surface area contributed by atoms with Crippen molar-refractivity contribution in [1.82, 2.24) is 0 Å². The topological polar surface area (TPSA) is 132 Å². The van der Waals surface area contributed by atoms with Gasteiger partial charge in [0.05, 0.1) is 9.88 Å². The van der Waals surface area contributed by atoms with E-state index in [0.29, 0.717) is 0 Å². The predicted molar refractivity (Wildman–Crippen MR) is 81.2 cm³/mol. The van der Waals surface area contributed by atoms with Gasteiger partial charge < -0.3 is 5.73 Å². The van der Waals surface area contributed by atoms with Gasteiger partial charge in [-0.3, -0.25) is 4.72 Å². The Morgan fingerprint density at radius 2 is 1.95 bits per heavy atom. The lowest BCUT2D eigenvalue weighted by molar-refractivity contribution is 0.593. The highest BCUT2D eigenvalue weighted by Crippen LogP contribution is 2.18. The smallest absolute Gasteiger partial charge is 0.242 e. The second kappa shape index (κ2) is 6.04. The number of nitrogens with one attached hydrogen (secondary N) is 1. The third-order valence-electron chi connectivity index (χ3n) is 2.49. The Morgan fingerprint density at radius 1 is 1.35 bits per heavy atom. The first-order valence-electron chi connectivity index (χ1n) is 5.51. The number of thiocarbonyl (C=S) groups is 1. The summed E-state index contributed by atoms with van der Waals surface area (Å²) in [5, 5.41) is 3.95. The van der Waals surface area contributed by atoms with Crippen LogP contribution in [0.25, 0.3) is 0 Å².